The second kappa shape index (κ2) is 9.38. The van der Waals surface area contributed by atoms with Crippen molar-refractivity contribution in [2.45, 2.75) is 35.3 Å². The number of pyridine rings is 1. The van der Waals surface area contributed by atoms with Crippen LogP contribution in [-0.4, -0.2) is 47.3 Å². The van der Waals surface area contributed by atoms with E-state index in [1.54, 1.807) is 36.4 Å². The molecule has 1 spiro atoms. The van der Waals surface area contributed by atoms with Crippen molar-refractivity contribution in [2.75, 3.05) is 15.5 Å². The van der Waals surface area contributed by atoms with Crippen molar-refractivity contribution < 1.29 is 36.0 Å². The molecule has 1 saturated carbocycles. The molecule has 0 unspecified atom stereocenters. The summed E-state index contributed by atoms with van der Waals surface area (Å²) in [4.78, 5) is 44.4. The van der Waals surface area contributed by atoms with Crippen LogP contribution < -0.4 is 15.5 Å². The molecule has 2 heterocycles. The second-order valence-corrected chi connectivity index (χ2v) is 10.9. The number of para-hydroxylation sites is 1. The molecule has 10 nitrogen and oxygen atoms in total. The Hall–Kier alpha value is -4.46. The van der Waals surface area contributed by atoms with Gasteiger partial charge in [0, 0.05) is 11.9 Å². The minimum Gasteiger partial charge on any atom is -0.308 e. The first-order chi connectivity index (χ1) is 18.4. The molecule has 1 aliphatic heterocycles. The molecule has 1 saturated heterocycles. The number of halogens is 3. The smallest absolute Gasteiger partial charge is 0.308 e. The highest BCUT2D eigenvalue weighted by atomic mass is 32.2. The number of carbonyl (C=O) groups is 3. The Kier molecular flexibility index (Phi) is 6.29. The van der Waals surface area contributed by atoms with Gasteiger partial charge < -0.3 is 15.5 Å². The summed E-state index contributed by atoms with van der Waals surface area (Å²) >= 11 is 0. The van der Waals surface area contributed by atoms with Crippen molar-refractivity contribution in [3.8, 4) is 0 Å². The van der Waals surface area contributed by atoms with Crippen LogP contribution in [0.5, 0.6) is 0 Å². The zero-order chi connectivity index (χ0) is 28.0. The number of hydrogen-bond acceptors (Lipinski definition) is 6. The third-order valence-corrected chi connectivity index (χ3v) is 8.00. The number of nitrogens with zero attached hydrogens (tertiary/aromatic N) is 3. The van der Waals surface area contributed by atoms with Crippen LogP contribution in [0, 0.1) is 0 Å². The van der Waals surface area contributed by atoms with E-state index in [4.69, 9.17) is 0 Å². The van der Waals surface area contributed by atoms with Crippen molar-refractivity contribution >= 4 is 44.9 Å². The number of hydrogen-bond donors (Lipinski definition) is 2. The number of imide groups is 1. The number of anilines is 3. The minimum absolute atomic E-state index is 0.0600. The van der Waals surface area contributed by atoms with Crippen molar-refractivity contribution in [1.82, 2.24) is 9.88 Å². The molecule has 2 fully saturated rings. The van der Waals surface area contributed by atoms with E-state index >= 15 is 0 Å². The molecular formula is C25H20F3N5O5S. The number of urea groups is 2. The second-order valence-electron chi connectivity index (χ2n) is 8.96. The lowest BCUT2D eigenvalue weighted by Gasteiger charge is -2.23. The van der Waals surface area contributed by atoms with E-state index in [0.717, 1.165) is 17.0 Å². The summed E-state index contributed by atoms with van der Waals surface area (Å²) in [5.74, 6) is -0.565. The van der Waals surface area contributed by atoms with Gasteiger partial charge in [-0.2, -0.15) is 13.2 Å². The molecule has 0 bridgehead atoms. The van der Waals surface area contributed by atoms with Gasteiger partial charge in [0.1, 0.15) is 5.54 Å². The molecule has 2 aliphatic rings. The van der Waals surface area contributed by atoms with Crippen molar-refractivity contribution in [3.05, 3.63) is 78.6 Å². The quantitative estimate of drug-likeness (QED) is 0.428. The highest BCUT2D eigenvalue weighted by molar-refractivity contribution is 7.92. The van der Waals surface area contributed by atoms with Crippen molar-refractivity contribution in [3.63, 3.8) is 0 Å². The molecule has 5 amide bonds. The SMILES string of the molecule is O=C(Nc1ccccc1)Nc1cnccc1CN1C(=O)N(c2ccc(S(=O)(=O)C(F)(F)F)cc2)C(=O)C12CC2. The van der Waals surface area contributed by atoms with Gasteiger partial charge in [-0.25, -0.2) is 22.9 Å². The van der Waals surface area contributed by atoms with Crippen LogP contribution in [0.1, 0.15) is 18.4 Å². The fourth-order valence-electron chi connectivity index (χ4n) is 4.32. The lowest BCUT2D eigenvalue weighted by molar-refractivity contribution is -0.120. The Morgan fingerprint density at radius 2 is 1.64 bits per heavy atom. The third kappa shape index (κ3) is 4.67. The molecule has 1 aliphatic carbocycles. The summed E-state index contributed by atoms with van der Waals surface area (Å²) < 4.78 is 62.0. The Balaban J connectivity index is 1.37. The van der Waals surface area contributed by atoms with E-state index in [2.05, 4.69) is 15.6 Å². The zero-order valence-corrected chi connectivity index (χ0v) is 20.8. The lowest BCUT2D eigenvalue weighted by Crippen LogP contribution is -2.36. The van der Waals surface area contributed by atoms with Gasteiger partial charge >= 0.3 is 17.6 Å². The van der Waals surface area contributed by atoms with Crippen LogP contribution in [0.3, 0.4) is 0 Å². The highest BCUT2D eigenvalue weighted by Gasteiger charge is 2.65. The van der Waals surface area contributed by atoms with E-state index in [1.165, 1.54) is 17.3 Å². The Labute approximate surface area is 220 Å². The van der Waals surface area contributed by atoms with Crippen LogP contribution in [0.25, 0.3) is 0 Å². The first-order valence-electron chi connectivity index (χ1n) is 11.6. The van der Waals surface area contributed by atoms with Gasteiger partial charge in [-0.05, 0) is 60.9 Å². The number of amides is 5. The number of carbonyl (C=O) groups excluding carboxylic acids is 3. The largest absolute Gasteiger partial charge is 0.501 e. The van der Waals surface area contributed by atoms with Crippen LogP contribution in [-0.2, 0) is 21.2 Å². The molecule has 5 rings (SSSR count). The van der Waals surface area contributed by atoms with Crippen molar-refractivity contribution in [1.29, 1.82) is 0 Å². The molecule has 1 aromatic heterocycles. The maximum Gasteiger partial charge on any atom is 0.501 e. The molecule has 202 valence electrons. The molecule has 39 heavy (non-hydrogen) atoms. The highest BCUT2D eigenvalue weighted by Crippen LogP contribution is 2.50. The fourth-order valence-corrected chi connectivity index (χ4v) is 5.08. The van der Waals surface area contributed by atoms with Gasteiger partial charge in [0.05, 0.1) is 29.0 Å². The van der Waals surface area contributed by atoms with Gasteiger partial charge in [-0.3, -0.25) is 9.78 Å². The average molecular weight is 560 g/mol. The minimum atomic E-state index is -5.58. The Bertz CT molecular complexity index is 1560. The molecule has 3 aromatic rings. The molecule has 2 N–H and O–H groups in total. The van der Waals surface area contributed by atoms with Gasteiger partial charge in [0.2, 0.25) is 0 Å². The summed E-state index contributed by atoms with van der Waals surface area (Å²) in [6, 6.07) is 12.4. The summed E-state index contributed by atoms with van der Waals surface area (Å²) in [7, 11) is -5.58. The molecular weight excluding hydrogens is 539 g/mol. The molecule has 2 aromatic carbocycles. The van der Waals surface area contributed by atoms with Gasteiger partial charge in [-0.15, -0.1) is 0 Å². The van der Waals surface area contributed by atoms with Gasteiger partial charge in [-0.1, -0.05) is 18.2 Å². The molecule has 0 radical (unpaired) electrons. The monoisotopic (exact) mass is 559 g/mol. The third-order valence-electron chi connectivity index (χ3n) is 6.49. The lowest BCUT2D eigenvalue weighted by atomic mass is 10.1. The standard InChI is InChI=1S/C25H20F3N5O5S/c26-25(27,28)39(37,38)19-8-6-18(7-9-19)33-21(34)24(11-12-24)32(23(33)36)15-16-10-13-29-14-20(16)31-22(35)30-17-4-2-1-3-5-17/h1-10,13-14H,11-12,15H2,(H2,30,31,35). The zero-order valence-electron chi connectivity index (χ0n) is 20.0. The summed E-state index contributed by atoms with van der Waals surface area (Å²) in [5.41, 5.74) is -5.33. The number of sulfone groups is 1. The summed E-state index contributed by atoms with van der Waals surface area (Å²) in [5, 5.41) is 5.36. The predicted octanol–water partition coefficient (Wildman–Crippen LogP) is 4.52. The fraction of sp³-hybridized carbons (Fsp3) is 0.200. The number of aromatic nitrogens is 1. The normalized spacial score (nSPS) is 16.5. The maximum absolute atomic E-state index is 13.4. The first-order valence-corrected chi connectivity index (χ1v) is 13.1. The van der Waals surface area contributed by atoms with E-state index in [-0.39, 0.29) is 12.2 Å². The maximum atomic E-state index is 13.4. The van der Waals surface area contributed by atoms with Crippen LogP contribution in [0.4, 0.5) is 39.8 Å². The predicted molar refractivity (Wildman–Crippen MR) is 133 cm³/mol. The van der Waals surface area contributed by atoms with Gasteiger partial charge in [0.25, 0.3) is 15.7 Å². The topological polar surface area (TPSA) is 129 Å². The van der Waals surface area contributed by atoms with Crippen LogP contribution in [0.2, 0.25) is 0 Å². The van der Waals surface area contributed by atoms with Gasteiger partial charge in [0.15, 0.2) is 0 Å². The number of nitrogens with one attached hydrogen (secondary N) is 2. The first kappa shape index (κ1) is 26.2. The van der Waals surface area contributed by atoms with E-state index in [0.29, 0.717) is 41.9 Å². The van der Waals surface area contributed by atoms with E-state index in [1.807, 2.05) is 0 Å². The number of alkyl halides is 3. The molecule has 0 atom stereocenters. The van der Waals surface area contributed by atoms with Crippen LogP contribution in [0.15, 0.2) is 78.0 Å². The van der Waals surface area contributed by atoms with E-state index < -0.39 is 43.7 Å². The van der Waals surface area contributed by atoms with Crippen molar-refractivity contribution in [2.24, 2.45) is 0 Å². The van der Waals surface area contributed by atoms with Crippen LogP contribution >= 0.6 is 0 Å². The summed E-state index contributed by atoms with van der Waals surface area (Å²) in [6.07, 6.45) is 3.61. The Morgan fingerprint density at radius 3 is 2.26 bits per heavy atom. The Morgan fingerprint density at radius 1 is 0.974 bits per heavy atom. The number of benzene rings is 2. The number of rotatable bonds is 6. The average Bonchev–Trinajstić information content (AvgIpc) is 3.67. The van der Waals surface area contributed by atoms with E-state index in [9.17, 15) is 36.0 Å². The summed E-state index contributed by atoms with van der Waals surface area (Å²) in [6.45, 7) is -0.0644. The molecule has 14 heteroatoms.